The van der Waals surface area contributed by atoms with E-state index in [0.29, 0.717) is 43.2 Å². The predicted octanol–water partition coefficient (Wildman–Crippen LogP) is 3.42. The number of benzene rings is 2. The van der Waals surface area contributed by atoms with Gasteiger partial charge < -0.3 is 24.3 Å². The number of methoxy groups -OCH3 is 1. The molecule has 1 unspecified atom stereocenters. The number of hydrogen-bond acceptors (Lipinski definition) is 6. The Hall–Kier alpha value is -3.86. The topological polar surface area (TPSA) is 81.4 Å². The van der Waals surface area contributed by atoms with Gasteiger partial charge in [-0.15, -0.1) is 0 Å². The maximum atomic E-state index is 15.1. The number of aromatic amines is 1. The molecular formula is C25H26FN5O4S. The number of ether oxygens (including phenoxy) is 2. The molecular weight excluding hydrogens is 485 g/mol. The summed E-state index contributed by atoms with van der Waals surface area (Å²) in [6, 6.07) is 14.3. The molecule has 3 aromatic rings. The number of cyclic esters (lactones) is 1. The molecule has 2 aromatic carbocycles. The number of thiocarbonyl (C=S) groups is 1. The standard InChI is InChI=1S/C25H26FN5O4S/c1-28(25(36)34-2)22-15-31(24(33)35-22)17-7-8-21(18(26)14-17)29-9-11-30(12-10-29)23(32)20-13-16-5-3-4-6-19(16)27-20/h3-8,13-14,22,27H,9-12,15H2,1-2H3. The van der Waals surface area contributed by atoms with Crippen LogP contribution in [0.25, 0.3) is 10.9 Å². The summed E-state index contributed by atoms with van der Waals surface area (Å²) in [7, 11) is 3.11. The molecule has 2 fully saturated rings. The summed E-state index contributed by atoms with van der Waals surface area (Å²) in [5, 5.41) is 1.18. The third-order valence-corrected chi connectivity index (χ3v) is 7.06. The number of hydrogen-bond donors (Lipinski definition) is 1. The highest BCUT2D eigenvalue weighted by molar-refractivity contribution is 7.80. The van der Waals surface area contributed by atoms with Gasteiger partial charge in [0.15, 0.2) is 6.23 Å². The fourth-order valence-corrected chi connectivity index (χ4v) is 4.67. The number of carbonyl (C=O) groups is 2. The van der Waals surface area contributed by atoms with E-state index in [4.69, 9.17) is 21.7 Å². The van der Waals surface area contributed by atoms with Crippen LogP contribution in [0, 0.1) is 5.82 Å². The summed E-state index contributed by atoms with van der Waals surface area (Å²) in [6.45, 7) is 2.12. The van der Waals surface area contributed by atoms with E-state index in [1.54, 1.807) is 24.1 Å². The predicted molar refractivity (Wildman–Crippen MR) is 138 cm³/mol. The summed E-state index contributed by atoms with van der Waals surface area (Å²) in [5.74, 6) is -0.512. The van der Waals surface area contributed by atoms with Crippen molar-refractivity contribution >= 4 is 51.7 Å². The Morgan fingerprint density at radius 2 is 1.92 bits per heavy atom. The van der Waals surface area contributed by atoms with Gasteiger partial charge in [-0.05, 0) is 42.5 Å². The number of aromatic nitrogens is 1. The van der Waals surface area contributed by atoms with Crippen LogP contribution in [0.4, 0.5) is 20.6 Å². The zero-order valence-corrected chi connectivity index (χ0v) is 20.8. The number of nitrogens with zero attached hydrogens (tertiary/aromatic N) is 4. The molecule has 5 rings (SSSR count). The van der Waals surface area contributed by atoms with Crippen molar-refractivity contribution in [2.24, 2.45) is 0 Å². The Morgan fingerprint density at radius 3 is 2.61 bits per heavy atom. The fourth-order valence-electron chi connectivity index (χ4n) is 4.55. The monoisotopic (exact) mass is 511 g/mol. The minimum absolute atomic E-state index is 0.0679. The van der Waals surface area contributed by atoms with Crippen molar-refractivity contribution in [3.05, 3.63) is 60.0 Å². The normalized spacial score (nSPS) is 17.9. The number of likely N-dealkylation sites (N-methyl/N-ethyl adjacent to an activating group) is 1. The van der Waals surface area contributed by atoms with Crippen LogP contribution in [0.2, 0.25) is 0 Å². The summed E-state index contributed by atoms with van der Waals surface area (Å²) >= 11 is 5.09. The Bertz CT molecular complexity index is 1290. The van der Waals surface area contributed by atoms with E-state index in [1.807, 2.05) is 35.2 Å². The lowest BCUT2D eigenvalue weighted by atomic mass is 10.2. The molecule has 1 N–H and O–H groups in total. The molecule has 1 atom stereocenters. The molecule has 0 bridgehead atoms. The highest BCUT2D eigenvalue weighted by Crippen LogP contribution is 2.29. The maximum absolute atomic E-state index is 15.1. The minimum Gasteiger partial charge on any atom is -0.474 e. The number of para-hydroxylation sites is 1. The van der Waals surface area contributed by atoms with E-state index < -0.39 is 18.1 Å². The van der Waals surface area contributed by atoms with Crippen LogP contribution in [0.1, 0.15) is 10.5 Å². The second-order valence-electron chi connectivity index (χ2n) is 8.72. The fraction of sp³-hybridized carbons (Fsp3) is 0.320. The average molecular weight is 512 g/mol. The molecule has 2 amide bonds. The van der Waals surface area contributed by atoms with Gasteiger partial charge in [0, 0.05) is 44.1 Å². The number of nitrogens with one attached hydrogen (secondary N) is 1. The minimum atomic E-state index is -0.629. The number of anilines is 2. The Balaban J connectivity index is 1.23. The van der Waals surface area contributed by atoms with Gasteiger partial charge in [0.2, 0.25) is 0 Å². The molecule has 2 aliphatic rings. The van der Waals surface area contributed by atoms with Gasteiger partial charge in [-0.1, -0.05) is 18.2 Å². The van der Waals surface area contributed by atoms with Crippen molar-refractivity contribution in [2.75, 3.05) is 56.7 Å². The Labute approximate surface area is 212 Å². The number of amides is 2. The van der Waals surface area contributed by atoms with E-state index in [-0.39, 0.29) is 17.6 Å². The molecule has 1 aromatic heterocycles. The van der Waals surface area contributed by atoms with E-state index >= 15 is 4.39 Å². The zero-order chi connectivity index (χ0) is 25.4. The van der Waals surface area contributed by atoms with Crippen LogP contribution >= 0.6 is 12.2 Å². The first-order valence-corrected chi connectivity index (χ1v) is 12.0. The van der Waals surface area contributed by atoms with Crippen LogP contribution in [0.15, 0.2) is 48.5 Å². The van der Waals surface area contributed by atoms with Crippen molar-refractivity contribution in [3.63, 3.8) is 0 Å². The Kier molecular flexibility index (Phi) is 6.40. The lowest BCUT2D eigenvalue weighted by molar-refractivity contribution is 0.0677. The molecule has 0 saturated carbocycles. The molecule has 9 nitrogen and oxygen atoms in total. The van der Waals surface area contributed by atoms with Crippen LogP contribution in [-0.4, -0.2) is 85.1 Å². The average Bonchev–Trinajstić information content (AvgIpc) is 3.51. The first kappa shape index (κ1) is 23.9. The summed E-state index contributed by atoms with van der Waals surface area (Å²) in [4.78, 5) is 35.1. The van der Waals surface area contributed by atoms with Crippen LogP contribution in [0.5, 0.6) is 0 Å². The third-order valence-electron chi connectivity index (χ3n) is 6.60. The summed E-state index contributed by atoms with van der Waals surface area (Å²) < 4.78 is 25.5. The number of halogens is 1. The summed E-state index contributed by atoms with van der Waals surface area (Å²) in [6.07, 6.45) is -1.21. The molecule has 0 radical (unpaired) electrons. The second-order valence-corrected chi connectivity index (χ2v) is 9.06. The highest BCUT2D eigenvalue weighted by Gasteiger charge is 2.36. The van der Waals surface area contributed by atoms with Crippen molar-refractivity contribution in [2.45, 2.75) is 6.23 Å². The van der Waals surface area contributed by atoms with E-state index in [0.717, 1.165) is 10.9 Å². The van der Waals surface area contributed by atoms with Gasteiger partial charge in [0.25, 0.3) is 11.1 Å². The van der Waals surface area contributed by atoms with Gasteiger partial charge >= 0.3 is 6.09 Å². The molecule has 188 valence electrons. The largest absolute Gasteiger partial charge is 0.474 e. The number of H-pyrrole nitrogens is 1. The van der Waals surface area contributed by atoms with Crippen molar-refractivity contribution in [1.29, 1.82) is 0 Å². The van der Waals surface area contributed by atoms with Gasteiger partial charge in [-0.25, -0.2) is 9.18 Å². The van der Waals surface area contributed by atoms with Gasteiger partial charge in [0.05, 0.1) is 25.0 Å². The second kappa shape index (κ2) is 9.65. The van der Waals surface area contributed by atoms with E-state index in [1.165, 1.54) is 23.0 Å². The van der Waals surface area contributed by atoms with Gasteiger partial charge in [-0.3, -0.25) is 14.6 Å². The molecule has 36 heavy (non-hydrogen) atoms. The smallest absolute Gasteiger partial charge is 0.416 e. The molecule has 3 heterocycles. The van der Waals surface area contributed by atoms with Crippen molar-refractivity contribution in [1.82, 2.24) is 14.8 Å². The maximum Gasteiger partial charge on any atom is 0.416 e. The number of piperazine rings is 1. The molecule has 2 aliphatic heterocycles. The number of rotatable bonds is 4. The quantitative estimate of drug-likeness (QED) is 0.538. The molecule has 0 spiro atoms. The van der Waals surface area contributed by atoms with Gasteiger partial charge in [0.1, 0.15) is 11.5 Å². The first-order chi connectivity index (χ1) is 17.4. The summed E-state index contributed by atoms with van der Waals surface area (Å²) in [5.41, 5.74) is 2.29. The third kappa shape index (κ3) is 4.41. The highest BCUT2D eigenvalue weighted by atomic mass is 32.1. The van der Waals surface area contributed by atoms with E-state index in [2.05, 4.69) is 4.98 Å². The lowest BCUT2D eigenvalue weighted by Gasteiger charge is -2.36. The molecule has 11 heteroatoms. The molecule has 2 saturated heterocycles. The van der Waals surface area contributed by atoms with Gasteiger partial charge in [-0.2, -0.15) is 0 Å². The van der Waals surface area contributed by atoms with Crippen molar-refractivity contribution in [3.8, 4) is 0 Å². The zero-order valence-electron chi connectivity index (χ0n) is 19.9. The van der Waals surface area contributed by atoms with E-state index in [9.17, 15) is 9.59 Å². The first-order valence-electron chi connectivity index (χ1n) is 11.6. The van der Waals surface area contributed by atoms with Crippen LogP contribution < -0.4 is 9.80 Å². The molecule has 0 aliphatic carbocycles. The lowest BCUT2D eigenvalue weighted by Crippen LogP contribution is -2.49. The van der Waals surface area contributed by atoms with Crippen LogP contribution in [0.3, 0.4) is 0 Å². The van der Waals surface area contributed by atoms with Crippen molar-refractivity contribution < 1.29 is 23.5 Å². The van der Waals surface area contributed by atoms with Crippen LogP contribution in [-0.2, 0) is 9.47 Å². The number of fused-ring (bicyclic) bond motifs is 1. The Morgan fingerprint density at radius 1 is 1.17 bits per heavy atom. The number of carbonyl (C=O) groups excluding carboxylic acids is 2. The SMILES string of the molecule is COC(=S)N(C)C1CN(c2ccc(N3CCN(C(=O)c4cc5ccccc5[nH]4)CC3)c(F)c2)C(=O)O1.